The molecule has 4 heteroatoms. The van der Waals surface area contributed by atoms with Crippen molar-refractivity contribution >= 4 is 17.4 Å². The van der Waals surface area contributed by atoms with Crippen LogP contribution in [-0.4, -0.2) is 23.5 Å². The van der Waals surface area contributed by atoms with Crippen LogP contribution < -0.4 is 5.32 Å². The van der Waals surface area contributed by atoms with Crippen LogP contribution in [0.25, 0.3) is 0 Å². The van der Waals surface area contributed by atoms with Crippen LogP contribution in [0.4, 0.5) is 4.79 Å². The molecule has 1 aromatic heterocycles. The largest absolute Gasteiger partial charge is 0.335 e. The summed E-state index contributed by atoms with van der Waals surface area (Å²) in [4.78, 5) is 16.2. The van der Waals surface area contributed by atoms with E-state index in [0.717, 1.165) is 32.2 Å². The molecule has 1 N–H and O–H groups in total. The van der Waals surface area contributed by atoms with Gasteiger partial charge in [-0.15, -0.1) is 11.3 Å². The van der Waals surface area contributed by atoms with Crippen molar-refractivity contribution < 1.29 is 4.79 Å². The molecular formula is C17H26N2OS. The maximum absolute atomic E-state index is 12.7. The van der Waals surface area contributed by atoms with Crippen molar-refractivity contribution in [2.75, 3.05) is 6.54 Å². The molecule has 1 saturated carbocycles. The lowest BCUT2D eigenvalue weighted by atomic mass is 9.96. The Morgan fingerprint density at radius 1 is 1.10 bits per heavy atom. The van der Waals surface area contributed by atoms with Gasteiger partial charge in [-0.2, -0.15) is 0 Å². The molecule has 0 bridgehead atoms. The highest BCUT2D eigenvalue weighted by Gasteiger charge is 2.28. The molecule has 0 aromatic carbocycles. The Labute approximate surface area is 131 Å². The highest BCUT2D eigenvalue weighted by molar-refractivity contribution is 7.10. The summed E-state index contributed by atoms with van der Waals surface area (Å²) in [5, 5.41) is 5.42. The van der Waals surface area contributed by atoms with Crippen LogP contribution in [-0.2, 0) is 0 Å². The number of likely N-dealkylation sites (tertiary alicyclic amines) is 1. The molecule has 116 valence electrons. The number of hydrogen-bond donors (Lipinski definition) is 1. The average molecular weight is 306 g/mol. The van der Waals surface area contributed by atoms with Crippen molar-refractivity contribution in [3.63, 3.8) is 0 Å². The van der Waals surface area contributed by atoms with Crippen LogP contribution in [0.15, 0.2) is 17.5 Å². The zero-order valence-corrected chi connectivity index (χ0v) is 13.5. The molecule has 3 rings (SSSR count). The lowest BCUT2D eigenvalue weighted by molar-refractivity contribution is 0.170. The Balaban J connectivity index is 1.68. The summed E-state index contributed by atoms with van der Waals surface area (Å²) in [6, 6.07) is 5.14. The molecular weight excluding hydrogens is 280 g/mol. The Kier molecular flexibility index (Phi) is 5.17. The molecule has 2 heterocycles. The lowest BCUT2D eigenvalue weighted by Crippen LogP contribution is -2.46. The van der Waals surface area contributed by atoms with E-state index in [1.165, 1.54) is 37.0 Å². The Morgan fingerprint density at radius 2 is 1.86 bits per heavy atom. The first kappa shape index (κ1) is 14.9. The molecule has 0 radical (unpaired) electrons. The minimum atomic E-state index is 0.169. The molecule has 1 aromatic rings. The van der Waals surface area contributed by atoms with Crippen LogP contribution in [0, 0.1) is 0 Å². The Bertz CT molecular complexity index is 440. The summed E-state index contributed by atoms with van der Waals surface area (Å²) < 4.78 is 0. The van der Waals surface area contributed by atoms with Crippen LogP contribution in [0.1, 0.15) is 68.7 Å². The number of urea groups is 1. The number of nitrogens with zero attached hydrogens (tertiary/aromatic N) is 1. The maximum atomic E-state index is 12.7. The molecule has 1 unspecified atom stereocenters. The molecule has 21 heavy (non-hydrogen) atoms. The SMILES string of the molecule is O=C(NC1CCCCC1)N1CCCCCC1c1cccs1. The number of nitrogens with one attached hydrogen (secondary N) is 1. The summed E-state index contributed by atoms with van der Waals surface area (Å²) in [5.41, 5.74) is 0. The van der Waals surface area contributed by atoms with Gasteiger partial charge < -0.3 is 10.2 Å². The van der Waals surface area contributed by atoms with Gasteiger partial charge in [-0.3, -0.25) is 0 Å². The van der Waals surface area contributed by atoms with E-state index in [4.69, 9.17) is 0 Å². The number of amides is 2. The third kappa shape index (κ3) is 3.79. The molecule has 1 atom stereocenters. The molecule has 2 fully saturated rings. The van der Waals surface area contributed by atoms with Gasteiger partial charge >= 0.3 is 6.03 Å². The summed E-state index contributed by atoms with van der Waals surface area (Å²) >= 11 is 1.78. The summed E-state index contributed by atoms with van der Waals surface area (Å²) in [6.45, 7) is 0.904. The van der Waals surface area contributed by atoms with Gasteiger partial charge in [0.15, 0.2) is 0 Å². The van der Waals surface area contributed by atoms with Crippen molar-refractivity contribution in [2.24, 2.45) is 0 Å². The monoisotopic (exact) mass is 306 g/mol. The fraction of sp³-hybridized carbons (Fsp3) is 0.706. The first-order valence-corrected chi connectivity index (χ1v) is 9.33. The highest BCUT2D eigenvalue weighted by Crippen LogP contribution is 2.33. The second-order valence-corrected chi connectivity index (χ2v) is 7.34. The third-order valence-corrected chi connectivity index (χ3v) is 5.79. The standard InChI is InChI=1S/C17H26N2OS/c20-17(18-14-8-3-1-4-9-14)19-12-6-2-5-10-15(19)16-11-7-13-21-16/h7,11,13-15H,1-6,8-10,12H2,(H,18,20). The van der Waals surface area contributed by atoms with Crippen LogP contribution in [0.3, 0.4) is 0 Å². The van der Waals surface area contributed by atoms with Crippen molar-refractivity contribution in [2.45, 2.75) is 69.9 Å². The van der Waals surface area contributed by atoms with Gasteiger partial charge in [0.25, 0.3) is 0 Å². The molecule has 0 spiro atoms. The minimum absolute atomic E-state index is 0.169. The van der Waals surface area contributed by atoms with Crippen molar-refractivity contribution in [1.82, 2.24) is 10.2 Å². The first-order chi connectivity index (χ1) is 10.3. The summed E-state index contributed by atoms with van der Waals surface area (Å²) in [5.74, 6) is 0. The van der Waals surface area contributed by atoms with E-state index < -0.39 is 0 Å². The van der Waals surface area contributed by atoms with Crippen LogP contribution >= 0.6 is 11.3 Å². The Morgan fingerprint density at radius 3 is 2.62 bits per heavy atom. The quantitative estimate of drug-likeness (QED) is 0.843. The molecule has 1 aliphatic heterocycles. The topological polar surface area (TPSA) is 32.3 Å². The van der Waals surface area contributed by atoms with Gasteiger partial charge in [0.05, 0.1) is 6.04 Å². The van der Waals surface area contributed by atoms with Gasteiger partial charge in [-0.25, -0.2) is 4.79 Å². The Hall–Kier alpha value is -1.03. The van der Waals surface area contributed by atoms with E-state index in [0.29, 0.717) is 6.04 Å². The molecule has 2 amide bonds. The second kappa shape index (κ2) is 7.30. The first-order valence-electron chi connectivity index (χ1n) is 8.45. The van der Waals surface area contributed by atoms with Crippen LogP contribution in [0.2, 0.25) is 0 Å². The number of hydrogen-bond acceptors (Lipinski definition) is 2. The van der Waals surface area contributed by atoms with E-state index in [-0.39, 0.29) is 12.1 Å². The maximum Gasteiger partial charge on any atom is 0.318 e. The zero-order valence-electron chi connectivity index (χ0n) is 12.7. The van der Waals surface area contributed by atoms with Crippen molar-refractivity contribution in [1.29, 1.82) is 0 Å². The number of rotatable bonds is 2. The smallest absolute Gasteiger partial charge is 0.318 e. The normalized spacial score (nSPS) is 24.6. The summed E-state index contributed by atoms with van der Waals surface area (Å²) in [6.07, 6.45) is 10.9. The van der Waals surface area contributed by atoms with Crippen LogP contribution in [0.5, 0.6) is 0 Å². The van der Waals surface area contributed by atoms with E-state index in [2.05, 4.69) is 27.7 Å². The zero-order chi connectivity index (χ0) is 14.5. The molecule has 2 aliphatic rings. The molecule has 1 saturated heterocycles. The summed E-state index contributed by atoms with van der Waals surface area (Å²) in [7, 11) is 0. The average Bonchev–Trinajstić information content (AvgIpc) is 2.92. The predicted octanol–water partition coefficient (Wildman–Crippen LogP) is 4.71. The number of thiophene rings is 1. The van der Waals surface area contributed by atoms with Gasteiger partial charge in [-0.1, -0.05) is 38.2 Å². The lowest BCUT2D eigenvalue weighted by Gasteiger charge is -2.32. The van der Waals surface area contributed by atoms with E-state index in [1.54, 1.807) is 11.3 Å². The van der Waals surface area contributed by atoms with Crippen molar-refractivity contribution in [3.8, 4) is 0 Å². The van der Waals surface area contributed by atoms with Gasteiger partial charge in [0.1, 0.15) is 0 Å². The highest BCUT2D eigenvalue weighted by atomic mass is 32.1. The predicted molar refractivity (Wildman–Crippen MR) is 87.6 cm³/mol. The number of carbonyl (C=O) groups is 1. The fourth-order valence-electron chi connectivity index (χ4n) is 3.63. The van der Waals surface area contributed by atoms with E-state index in [9.17, 15) is 4.79 Å². The minimum Gasteiger partial charge on any atom is -0.335 e. The molecule has 1 aliphatic carbocycles. The molecule has 3 nitrogen and oxygen atoms in total. The van der Waals surface area contributed by atoms with E-state index in [1.807, 2.05) is 0 Å². The van der Waals surface area contributed by atoms with Gasteiger partial charge in [0, 0.05) is 17.5 Å². The van der Waals surface area contributed by atoms with Crippen molar-refractivity contribution in [3.05, 3.63) is 22.4 Å². The fourth-order valence-corrected chi connectivity index (χ4v) is 4.51. The second-order valence-electron chi connectivity index (χ2n) is 6.36. The van der Waals surface area contributed by atoms with Gasteiger partial charge in [-0.05, 0) is 37.1 Å². The third-order valence-electron chi connectivity index (χ3n) is 4.82. The van der Waals surface area contributed by atoms with E-state index >= 15 is 0 Å². The van der Waals surface area contributed by atoms with Gasteiger partial charge in [0.2, 0.25) is 0 Å². The number of carbonyl (C=O) groups excluding carboxylic acids is 1.